The van der Waals surface area contributed by atoms with E-state index in [0.29, 0.717) is 12.0 Å². The molecule has 0 heterocycles. The second kappa shape index (κ2) is 7.38. The molecule has 2 heteroatoms. The van der Waals surface area contributed by atoms with Gasteiger partial charge in [-0.15, -0.1) is 0 Å². The lowest BCUT2D eigenvalue weighted by Crippen LogP contribution is -2.12. The van der Waals surface area contributed by atoms with Gasteiger partial charge in [0.25, 0.3) is 0 Å². The number of fused-ring (bicyclic) bond motifs is 2. The lowest BCUT2D eigenvalue weighted by molar-refractivity contribution is 0.0935. The molecule has 0 saturated carbocycles. The minimum atomic E-state index is -0.0511. The third-order valence-corrected chi connectivity index (χ3v) is 6.17. The molecule has 4 aromatic carbocycles. The largest absolute Gasteiger partial charge is 0.295 e. The lowest BCUT2D eigenvalue weighted by atomic mass is 9.93. The predicted octanol–water partition coefficient (Wildman–Crippen LogP) is 6.31. The maximum absolute atomic E-state index is 13.1. The van der Waals surface area contributed by atoms with Gasteiger partial charge in [-0.3, -0.25) is 9.59 Å². The normalized spacial score (nSPS) is 15.4. The molecule has 0 spiro atoms. The van der Waals surface area contributed by atoms with E-state index in [2.05, 4.69) is 48.5 Å². The summed E-state index contributed by atoms with van der Waals surface area (Å²) in [7, 11) is 0. The van der Waals surface area contributed by atoms with Gasteiger partial charge in [0.05, 0.1) is 0 Å². The molecule has 1 aliphatic carbocycles. The first-order valence-electron chi connectivity index (χ1n) is 10.4. The van der Waals surface area contributed by atoms with Crippen LogP contribution in [-0.4, -0.2) is 11.6 Å². The lowest BCUT2D eigenvalue weighted by Gasteiger charge is -2.10. The molecule has 2 nitrogen and oxygen atoms in total. The molecule has 4 aromatic rings. The summed E-state index contributed by atoms with van der Waals surface area (Å²) in [6.45, 7) is 1.57. The van der Waals surface area contributed by atoms with E-state index in [1.165, 1.54) is 10.8 Å². The summed E-state index contributed by atoms with van der Waals surface area (Å²) in [6.07, 6.45) is 1.45. The fourth-order valence-corrected chi connectivity index (χ4v) is 4.55. The highest BCUT2D eigenvalue weighted by Gasteiger charge is 2.32. The average molecular weight is 390 g/mol. The van der Waals surface area contributed by atoms with Gasteiger partial charge in [-0.25, -0.2) is 0 Å². The van der Waals surface area contributed by atoms with Crippen LogP contribution in [0.25, 0.3) is 21.9 Å². The van der Waals surface area contributed by atoms with Crippen LogP contribution in [0.2, 0.25) is 0 Å². The summed E-state index contributed by atoms with van der Waals surface area (Å²) in [5, 5.41) is 2.43. The Hall–Kier alpha value is -3.52. The zero-order valence-electron chi connectivity index (χ0n) is 16.9. The quantitative estimate of drug-likeness (QED) is 0.383. The minimum absolute atomic E-state index is 0.0511. The number of Topliss-reactive ketones (excluding diaryl/α,β-unsaturated/α-hetero) is 2. The molecule has 0 bridgehead atoms. The van der Waals surface area contributed by atoms with E-state index < -0.39 is 0 Å². The molecule has 0 saturated heterocycles. The highest BCUT2D eigenvalue weighted by atomic mass is 16.1. The van der Waals surface area contributed by atoms with E-state index in [1.54, 1.807) is 6.92 Å². The monoisotopic (exact) mass is 390 g/mol. The van der Waals surface area contributed by atoms with Gasteiger partial charge in [-0.2, -0.15) is 0 Å². The van der Waals surface area contributed by atoms with Crippen molar-refractivity contribution < 1.29 is 9.59 Å². The number of carbonyl (C=O) groups is 2. The van der Waals surface area contributed by atoms with Crippen molar-refractivity contribution in [3.8, 4) is 11.1 Å². The van der Waals surface area contributed by atoms with Gasteiger partial charge in [-0.1, -0.05) is 78.9 Å². The SMILES string of the molecule is CC(=O)c1ccc(CC2Cc3c(cccc3-c3ccc4ccccc4c3)C2=O)cc1. The van der Waals surface area contributed by atoms with Crippen LogP contribution < -0.4 is 0 Å². The van der Waals surface area contributed by atoms with Crippen molar-refractivity contribution in [2.24, 2.45) is 5.92 Å². The summed E-state index contributed by atoms with van der Waals surface area (Å²) in [5.74, 6) is 0.235. The zero-order chi connectivity index (χ0) is 20.7. The van der Waals surface area contributed by atoms with Crippen LogP contribution in [0.3, 0.4) is 0 Å². The minimum Gasteiger partial charge on any atom is -0.295 e. The number of hydrogen-bond acceptors (Lipinski definition) is 2. The second-order valence-electron chi connectivity index (χ2n) is 8.12. The van der Waals surface area contributed by atoms with Gasteiger partial charge in [0.1, 0.15) is 0 Å². The molecule has 1 aliphatic rings. The average Bonchev–Trinajstić information content (AvgIpc) is 3.09. The topological polar surface area (TPSA) is 34.1 Å². The first kappa shape index (κ1) is 18.5. The molecule has 0 N–H and O–H groups in total. The van der Waals surface area contributed by atoms with Gasteiger partial charge < -0.3 is 0 Å². The first-order valence-corrected chi connectivity index (χ1v) is 10.4. The van der Waals surface area contributed by atoms with Crippen LogP contribution in [-0.2, 0) is 12.8 Å². The fourth-order valence-electron chi connectivity index (χ4n) is 4.55. The summed E-state index contributed by atoms with van der Waals surface area (Å²) in [4.78, 5) is 24.6. The Kier molecular flexibility index (Phi) is 4.55. The Morgan fingerprint density at radius 3 is 2.33 bits per heavy atom. The van der Waals surface area contributed by atoms with Crippen molar-refractivity contribution in [2.75, 3.05) is 0 Å². The van der Waals surface area contributed by atoms with Crippen LogP contribution in [0, 0.1) is 5.92 Å². The molecule has 1 unspecified atom stereocenters. The molecule has 0 aliphatic heterocycles. The summed E-state index contributed by atoms with van der Waals surface area (Å²) < 4.78 is 0. The van der Waals surface area contributed by atoms with E-state index in [0.717, 1.165) is 34.2 Å². The molecular weight excluding hydrogens is 368 g/mol. The Balaban J connectivity index is 1.46. The van der Waals surface area contributed by atoms with Crippen molar-refractivity contribution in [2.45, 2.75) is 19.8 Å². The van der Waals surface area contributed by atoms with Crippen molar-refractivity contribution in [3.63, 3.8) is 0 Å². The number of hydrogen-bond donors (Lipinski definition) is 0. The van der Waals surface area contributed by atoms with Crippen molar-refractivity contribution >= 4 is 22.3 Å². The number of rotatable bonds is 4. The Morgan fingerprint density at radius 1 is 0.833 bits per heavy atom. The predicted molar refractivity (Wildman–Crippen MR) is 121 cm³/mol. The maximum Gasteiger partial charge on any atom is 0.166 e. The smallest absolute Gasteiger partial charge is 0.166 e. The van der Waals surface area contributed by atoms with Gasteiger partial charge in [-0.05, 0) is 58.9 Å². The number of carbonyl (C=O) groups excluding carboxylic acids is 2. The van der Waals surface area contributed by atoms with Crippen molar-refractivity contribution in [3.05, 3.63) is 107 Å². The van der Waals surface area contributed by atoms with E-state index >= 15 is 0 Å². The van der Waals surface area contributed by atoms with Crippen LogP contribution in [0.4, 0.5) is 0 Å². The third kappa shape index (κ3) is 3.25. The Labute approximate surface area is 176 Å². The molecule has 1 atom stereocenters. The fraction of sp³-hybridized carbons (Fsp3) is 0.143. The van der Waals surface area contributed by atoms with Crippen molar-refractivity contribution in [1.82, 2.24) is 0 Å². The molecule has 30 heavy (non-hydrogen) atoms. The molecule has 0 aromatic heterocycles. The van der Waals surface area contributed by atoms with Gasteiger partial charge in [0, 0.05) is 17.0 Å². The van der Waals surface area contributed by atoms with Gasteiger partial charge >= 0.3 is 0 Å². The first-order chi connectivity index (χ1) is 14.6. The molecule has 0 fully saturated rings. The second-order valence-corrected chi connectivity index (χ2v) is 8.12. The van der Waals surface area contributed by atoms with Gasteiger partial charge in [0.2, 0.25) is 0 Å². The summed E-state index contributed by atoms with van der Waals surface area (Å²) >= 11 is 0. The van der Waals surface area contributed by atoms with Gasteiger partial charge in [0.15, 0.2) is 11.6 Å². The highest BCUT2D eigenvalue weighted by molar-refractivity contribution is 6.04. The zero-order valence-corrected chi connectivity index (χ0v) is 16.9. The van der Waals surface area contributed by atoms with E-state index in [1.807, 2.05) is 36.4 Å². The highest BCUT2D eigenvalue weighted by Crippen LogP contribution is 2.37. The molecule has 0 radical (unpaired) electrons. The van der Waals surface area contributed by atoms with E-state index in [9.17, 15) is 9.59 Å². The molecule has 146 valence electrons. The maximum atomic E-state index is 13.1. The Morgan fingerprint density at radius 2 is 1.57 bits per heavy atom. The molecule has 5 rings (SSSR count). The summed E-state index contributed by atoms with van der Waals surface area (Å²) in [6, 6.07) is 28.6. The summed E-state index contributed by atoms with van der Waals surface area (Å²) in [5.41, 5.74) is 6.12. The van der Waals surface area contributed by atoms with Crippen LogP contribution in [0.15, 0.2) is 84.9 Å². The molecular formula is C28H22O2. The van der Waals surface area contributed by atoms with E-state index in [-0.39, 0.29) is 17.5 Å². The number of ketones is 2. The Bertz CT molecular complexity index is 1280. The standard InChI is InChI=1S/C28H22O2/c1-18(29)20-11-9-19(10-12-20)15-24-17-27-25(7-4-8-26(27)28(24)30)23-14-13-21-5-2-3-6-22(21)16-23/h2-14,16,24H,15,17H2,1H3. The number of benzene rings is 4. The van der Waals surface area contributed by atoms with Crippen LogP contribution >= 0.6 is 0 Å². The third-order valence-electron chi connectivity index (χ3n) is 6.17. The molecule has 0 amide bonds. The van der Waals surface area contributed by atoms with E-state index in [4.69, 9.17) is 0 Å². The van der Waals surface area contributed by atoms with Crippen LogP contribution in [0.5, 0.6) is 0 Å². The van der Waals surface area contributed by atoms with Crippen molar-refractivity contribution in [1.29, 1.82) is 0 Å². The van der Waals surface area contributed by atoms with Crippen LogP contribution in [0.1, 0.15) is 38.8 Å².